The Labute approximate surface area is 222 Å². The van der Waals surface area contributed by atoms with Crippen LogP contribution in [0.1, 0.15) is 34.8 Å². The molecule has 0 heterocycles. The van der Waals surface area contributed by atoms with E-state index in [-0.39, 0.29) is 29.1 Å². The second kappa shape index (κ2) is 12.3. The number of hydrogen-bond acceptors (Lipinski definition) is 8. The molecule has 0 aliphatic carbocycles. The number of aliphatic hydroxyl groups is 1. The summed E-state index contributed by atoms with van der Waals surface area (Å²) in [5, 5.41) is 32.3. The molecule has 0 aliphatic rings. The molecule has 0 amide bonds. The van der Waals surface area contributed by atoms with E-state index in [9.17, 15) is 23.4 Å². The molecule has 0 aromatic heterocycles. The maximum Gasteiger partial charge on any atom is 0.303 e. The molecule has 204 valence electrons. The molecule has 1 atom stereocenters. The SMILES string of the molecule is Cc1cc(OCCNCC(O)c2ccc(O)c(S(C)(=O)=O)c2N)cc(C)c1-c1ccc(CCC(=O)O)cc1. The standard InChI is InChI=1S/C28H34N2O7S/c1-17-14-21(15-18(2)26(17)20-7-4-19(5-8-20)6-11-25(33)34)37-13-12-30-16-24(32)22-9-10-23(31)28(27(22)29)38(3,35)36/h4-5,7-10,14-15,24,30-32H,6,11-13,16,29H2,1-3H3,(H,33,34). The molecule has 0 saturated heterocycles. The Morgan fingerprint density at radius 1 is 1.08 bits per heavy atom. The number of phenolic OH excluding ortho intramolecular Hbond substituents is 1. The summed E-state index contributed by atoms with van der Waals surface area (Å²) in [6.07, 6.45) is 0.470. The van der Waals surface area contributed by atoms with Crippen LogP contribution in [-0.4, -0.2) is 55.7 Å². The fraction of sp³-hybridized carbons (Fsp3) is 0.321. The van der Waals surface area contributed by atoms with E-state index in [1.807, 2.05) is 50.2 Å². The summed E-state index contributed by atoms with van der Waals surface area (Å²) >= 11 is 0. The third kappa shape index (κ3) is 7.25. The number of carbonyl (C=O) groups is 1. The summed E-state index contributed by atoms with van der Waals surface area (Å²) in [4.78, 5) is 10.4. The number of hydrogen-bond donors (Lipinski definition) is 5. The number of ether oxygens (including phenoxy) is 1. The Morgan fingerprint density at radius 3 is 2.29 bits per heavy atom. The van der Waals surface area contributed by atoms with Gasteiger partial charge in [-0.25, -0.2) is 8.42 Å². The zero-order chi connectivity index (χ0) is 28.0. The lowest BCUT2D eigenvalue weighted by Gasteiger charge is -2.17. The van der Waals surface area contributed by atoms with Crippen LogP contribution in [0.2, 0.25) is 0 Å². The van der Waals surface area contributed by atoms with E-state index in [1.54, 1.807) is 0 Å². The van der Waals surface area contributed by atoms with Crippen LogP contribution in [0, 0.1) is 13.8 Å². The maximum atomic E-state index is 11.9. The van der Waals surface area contributed by atoms with Gasteiger partial charge in [-0.2, -0.15) is 0 Å². The van der Waals surface area contributed by atoms with Gasteiger partial charge >= 0.3 is 5.97 Å². The van der Waals surface area contributed by atoms with Crippen molar-refractivity contribution in [2.24, 2.45) is 0 Å². The average molecular weight is 543 g/mol. The Kier molecular flexibility index (Phi) is 9.37. The highest BCUT2D eigenvalue weighted by atomic mass is 32.2. The van der Waals surface area contributed by atoms with Crippen molar-refractivity contribution in [1.29, 1.82) is 0 Å². The minimum absolute atomic E-state index is 0.103. The fourth-order valence-electron chi connectivity index (χ4n) is 4.43. The molecule has 0 fully saturated rings. The van der Waals surface area contributed by atoms with E-state index in [2.05, 4.69) is 5.32 Å². The van der Waals surface area contributed by atoms with Gasteiger partial charge in [-0.05, 0) is 66.3 Å². The monoisotopic (exact) mass is 542 g/mol. The van der Waals surface area contributed by atoms with E-state index in [0.29, 0.717) is 25.3 Å². The molecule has 3 aromatic rings. The zero-order valence-electron chi connectivity index (χ0n) is 21.7. The minimum Gasteiger partial charge on any atom is -0.507 e. The highest BCUT2D eigenvalue weighted by Gasteiger charge is 2.22. The molecule has 3 aromatic carbocycles. The van der Waals surface area contributed by atoms with Crippen LogP contribution in [0.3, 0.4) is 0 Å². The van der Waals surface area contributed by atoms with Gasteiger partial charge in [0.15, 0.2) is 9.84 Å². The number of aryl methyl sites for hydroxylation is 3. The van der Waals surface area contributed by atoms with Crippen molar-refractivity contribution in [3.05, 3.63) is 70.8 Å². The van der Waals surface area contributed by atoms with Gasteiger partial charge in [0.05, 0.1) is 11.8 Å². The minimum atomic E-state index is -3.76. The van der Waals surface area contributed by atoms with Crippen molar-refractivity contribution in [2.75, 3.05) is 31.7 Å². The molecular formula is C28H34N2O7S. The number of aromatic hydroxyl groups is 1. The van der Waals surface area contributed by atoms with Crippen molar-refractivity contribution >= 4 is 21.5 Å². The van der Waals surface area contributed by atoms with E-state index in [4.69, 9.17) is 15.6 Å². The first-order valence-corrected chi connectivity index (χ1v) is 14.0. The van der Waals surface area contributed by atoms with Gasteiger partial charge < -0.3 is 31.1 Å². The Morgan fingerprint density at radius 2 is 1.71 bits per heavy atom. The number of nitrogens with two attached hydrogens (primary N) is 1. The summed E-state index contributed by atoms with van der Waals surface area (Å²) in [6.45, 7) is 4.89. The van der Waals surface area contributed by atoms with E-state index in [1.165, 1.54) is 12.1 Å². The largest absolute Gasteiger partial charge is 0.507 e. The van der Waals surface area contributed by atoms with E-state index >= 15 is 0 Å². The lowest BCUT2D eigenvalue weighted by atomic mass is 9.94. The summed E-state index contributed by atoms with van der Waals surface area (Å²) in [5.74, 6) is -0.551. The normalized spacial score (nSPS) is 12.3. The van der Waals surface area contributed by atoms with Crippen LogP contribution in [0.4, 0.5) is 5.69 Å². The van der Waals surface area contributed by atoms with Crippen LogP contribution in [-0.2, 0) is 21.1 Å². The Balaban J connectivity index is 1.56. The smallest absolute Gasteiger partial charge is 0.303 e. The molecule has 0 saturated carbocycles. The van der Waals surface area contributed by atoms with Gasteiger partial charge in [0.1, 0.15) is 23.0 Å². The van der Waals surface area contributed by atoms with Crippen molar-refractivity contribution < 1.29 is 33.3 Å². The summed E-state index contributed by atoms with van der Waals surface area (Å²) < 4.78 is 29.7. The lowest BCUT2D eigenvalue weighted by Crippen LogP contribution is -2.26. The van der Waals surface area contributed by atoms with Gasteiger partial charge in [0.2, 0.25) is 0 Å². The van der Waals surface area contributed by atoms with Crippen LogP contribution < -0.4 is 15.8 Å². The molecule has 10 heteroatoms. The van der Waals surface area contributed by atoms with Crippen molar-refractivity contribution in [2.45, 2.75) is 37.7 Å². The third-order valence-electron chi connectivity index (χ3n) is 6.20. The molecule has 0 radical (unpaired) electrons. The van der Waals surface area contributed by atoms with Gasteiger partial charge in [0, 0.05) is 31.3 Å². The fourth-order valence-corrected chi connectivity index (χ4v) is 5.39. The molecule has 0 bridgehead atoms. The summed E-state index contributed by atoms with van der Waals surface area (Å²) in [7, 11) is -3.76. The predicted octanol–water partition coefficient (Wildman–Crippen LogP) is 3.38. The molecule has 6 N–H and O–H groups in total. The lowest BCUT2D eigenvalue weighted by molar-refractivity contribution is -0.136. The first-order valence-electron chi connectivity index (χ1n) is 12.1. The Hall–Kier alpha value is -3.60. The number of phenols is 1. The van der Waals surface area contributed by atoms with Gasteiger partial charge in [0.25, 0.3) is 0 Å². The number of aliphatic carboxylic acids is 1. The topological polar surface area (TPSA) is 159 Å². The molecule has 0 aliphatic heterocycles. The molecule has 9 nitrogen and oxygen atoms in total. The molecule has 38 heavy (non-hydrogen) atoms. The quantitative estimate of drug-likeness (QED) is 0.171. The highest BCUT2D eigenvalue weighted by molar-refractivity contribution is 7.91. The number of carboxylic acids is 1. The van der Waals surface area contributed by atoms with Crippen molar-refractivity contribution in [3.63, 3.8) is 0 Å². The Bertz CT molecular complexity index is 1380. The number of rotatable bonds is 12. The van der Waals surface area contributed by atoms with Crippen LogP contribution in [0.5, 0.6) is 11.5 Å². The number of benzene rings is 3. The number of anilines is 1. The summed E-state index contributed by atoms with van der Waals surface area (Å²) in [5.41, 5.74) is 11.2. The average Bonchev–Trinajstić information content (AvgIpc) is 2.82. The van der Waals surface area contributed by atoms with Gasteiger partial charge in [-0.1, -0.05) is 30.3 Å². The first kappa shape index (κ1) is 29.0. The number of nitrogen functional groups attached to an aromatic ring is 1. The highest BCUT2D eigenvalue weighted by Crippen LogP contribution is 2.34. The first-order chi connectivity index (χ1) is 17.9. The van der Waals surface area contributed by atoms with E-state index < -0.39 is 27.7 Å². The number of nitrogens with one attached hydrogen (secondary N) is 1. The molecule has 3 rings (SSSR count). The third-order valence-corrected chi connectivity index (χ3v) is 7.37. The van der Waals surface area contributed by atoms with Crippen molar-refractivity contribution in [3.8, 4) is 22.6 Å². The second-order valence-electron chi connectivity index (χ2n) is 9.28. The maximum absolute atomic E-state index is 11.9. The predicted molar refractivity (Wildman–Crippen MR) is 146 cm³/mol. The summed E-state index contributed by atoms with van der Waals surface area (Å²) in [6, 6.07) is 14.4. The van der Waals surface area contributed by atoms with Crippen LogP contribution in [0.25, 0.3) is 11.1 Å². The molecule has 1 unspecified atom stereocenters. The van der Waals surface area contributed by atoms with Crippen LogP contribution >= 0.6 is 0 Å². The van der Waals surface area contributed by atoms with Gasteiger partial charge in [-0.15, -0.1) is 0 Å². The molecule has 0 spiro atoms. The molecular weight excluding hydrogens is 508 g/mol. The van der Waals surface area contributed by atoms with Gasteiger partial charge in [-0.3, -0.25) is 4.79 Å². The van der Waals surface area contributed by atoms with E-state index in [0.717, 1.165) is 34.1 Å². The second-order valence-corrected chi connectivity index (χ2v) is 11.2. The van der Waals surface area contributed by atoms with Crippen molar-refractivity contribution in [1.82, 2.24) is 5.32 Å². The number of carboxylic acid groups (broad SMARTS) is 1. The zero-order valence-corrected chi connectivity index (χ0v) is 22.5. The number of aliphatic hydroxyl groups excluding tert-OH is 1. The van der Waals surface area contributed by atoms with Crippen LogP contribution in [0.15, 0.2) is 53.4 Å². The number of sulfone groups is 1.